The number of alkyl halides is 2. The van der Waals surface area contributed by atoms with Crippen LogP contribution in [0.2, 0.25) is 0 Å². The number of ether oxygens (including phenoxy) is 2. The Morgan fingerprint density at radius 2 is 1.77 bits per heavy atom. The smallest absolute Gasteiger partial charge is 0.407 e. The number of carbonyl (C=O) groups excluding carboxylic acids is 1. The van der Waals surface area contributed by atoms with Crippen molar-refractivity contribution < 1.29 is 23.0 Å². The fourth-order valence-electron chi connectivity index (χ4n) is 5.22. The van der Waals surface area contributed by atoms with Crippen LogP contribution in [0, 0.1) is 5.92 Å². The molecule has 0 radical (unpaired) electrons. The number of anilines is 2. The number of benzene rings is 1. The van der Waals surface area contributed by atoms with E-state index in [1.165, 1.54) is 4.57 Å². The van der Waals surface area contributed by atoms with Crippen LogP contribution in [-0.2, 0) is 9.47 Å². The molecule has 216 valence electrons. The van der Waals surface area contributed by atoms with Crippen molar-refractivity contribution in [2.45, 2.75) is 64.5 Å². The Hall–Kier alpha value is -3.54. The topological polar surface area (TPSA) is 106 Å². The number of halogens is 2. The molecule has 3 heterocycles. The highest BCUT2D eigenvalue weighted by atomic mass is 19.3. The average Bonchev–Trinajstić information content (AvgIpc) is 3.32. The normalized spacial score (nSPS) is 20.1. The number of nitrogens with zero attached hydrogens (tertiary/aromatic N) is 5. The number of morpholine rings is 1. The standard InChI is InChI=1S/C28H37F2N7O3/c1-28(2,3)40-27(38)31-17-18-8-10-19(11-9-18)32-26-34-22(36-12-14-39-15-13-36)16-23(35-26)37-21-7-5-4-6-20(21)33-25(37)24(29)30/h4-7,16,18-19,24H,8-15,17H2,1-3H3,(H,31,38)(H,32,34,35). The summed E-state index contributed by atoms with van der Waals surface area (Å²) >= 11 is 0. The first-order valence-corrected chi connectivity index (χ1v) is 13.9. The molecule has 2 aromatic heterocycles. The van der Waals surface area contributed by atoms with Gasteiger partial charge in [-0.2, -0.15) is 9.97 Å². The van der Waals surface area contributed by atoms with Crippen molar-refractivity contribution >= 4 is 28.9 Å². The van der Waals surface area contributed by atoms with Gasteiger partial charge in [-0.1, -0.05) is 12.1 Å². The molecular weight excluding hydrogens is 520 g/mol. The number of nitrogens with one attached hydrogen (secondary N) is 2. The zero-order valence-electron chi connectivity index (χ0n) is 23.2. The van der Waals surface area contributed by atoms with Gasteiger partial charge in [0.05, 0.1) is 24.2 Å². The summed E-state index contributed by atoms with van der Waals surface area (Å²) in [5.41, 5.74) is 0.518. The third kappa shape index (κ3) is 6.78. The second kappa shape index (κ2) is 11.9. The van der Waals surface area contributed by atoms with Crippen molar-refractivity contribution in [2.24, 2.45) is 5.92 Å². The predicted octanol–water partition coefficient (Wildman–Crippen LogP) is 5.09. The molecule has 2 aliphatic rings. The van der Waals surface area contributed by atoms with Gasteiger partial charge in [0, 0.05) is 31.7 Å². The van der Waals surface area contributed by atoms with Gasteiger partial charge in [-0.3, -0.25) is 4.57 Å². The predicted molar refractivity (Wildman–Crippen MR) is 148 cm³/mol. The molecule has 1 saturated carbocycles. The van der Waals surface area contributed by atoms with Gasteiger partial charge < -0.3 is 25.0 Å². The van der Waals surface area contributed by atoms with E-state index in [0.717, 1.165) is 25.7 Å². The maximum atomic E-state index is 14.1. The lowest BCUT2D eigenvalue weighted by Gasteiger charge is -2.31. The number of amides is 1. The monoisotopic (exact) mass is 557 g/mol. The second-order valence-corrected chi connectivity index (χ2v) is 11.3. The van der Waals surface area contributed by atoms with Gasteiger partial charge in [0.25, 0.3) is 6.43 Å². The SMILES string of the molecule is CC(C)(C)OC(=O)NCC1CCC(Nc2nc(N3CCOCC3)cc(-n3c(C(F)F)nc4ccccc43)n2)CC1. The highest BCUT2D eigenvalue weighted by molar-refractivity contribution is 5.78. The first kappa shape index (κ1) is 28.0. The van der Waals surface area contributed by atoms with E-state index in [4.69, 9.17) is 19.4 Å². The van der Waals surface area contributed by atoms with Crippen molar-refractivity contribution in [3.8, 4) is 5.82 Å². The Morgan fingerprint density at radius 3 is 2.48 bits per heavy atom. The second-order valence-electron chi connectivity index (χ2n) is 11.3. The highest BCUT2D eigenvalue weighted by Gasteiger charge is 2.26. The van der Waals surface area contributed by atoms with Gasteiger partial charge in [0.2, 0.25) is 5.95 Å². The van der Waals surface area contributed by atoms with Crippen LogP contribution in [0.15, 0.2) is 30.3 Å². The van der Waals surface area contributed by atoms with E-state index in [2.05, 4.69) is 20.5 Å². The molecule has 1 aliphatic carbocycles. The van der Waals surface area contributed by atoms with Crippen molar-refractivity contribution in [3.63, 3.8) is 0 Å². The van der Waals surface area contributed by atoms with E-state index in [9.17, 15) is 13.6 Å². The maximum Gasteiger partial charge on any atom is 0.407 e. The number of imidazole rings is 1. The lowest BCUT2D eigenvalue weighted by Crippen LogP contribution is -2.38. The number of carbonyl (C=O) groups is 1. The van der Waals surface area contributed by atoms with Crippen LogP contribution < -0.4 is 15.5 Å². The van der Waals surface area contributed by atoms with Crippen LogP contribution in [0.4, 0.5) is 25.3 Å². The summed E-state index contributed by atoms with van der Waals surface area (Å²) in [5, 5.41) is 6.34. The molecule has 0 atom stereocenters. The number of alkyl carbamates (subject to hydrolysis) is 1. The van der Waals surface area contributed by atoms with Crippen LogP contribution in [-0.4, -0.2) is 70.1 Å². The van der Waals surface area contributed by atoms with Gasteiger partial charge in [0.1, 0.15) is 17.2 Å². The Kier molecular flexibility index (Phi) is 8.34. The number of rotatable bonds is 7. The van der Waals surface area contributed by atoms with Crippen LogP contribution >= 0.6 is 0 Å². The molecular formula is C28H37F2N7O3. The number of aromatic nitrogens is 4. The molecule has 5 rings (SSSR count). The van der Waals surface area contributed by atoms with Gasteiger partial charge in [-0.15, -0.1) is 0 Å². The fourth-order valence-corrected chi connectivity index (χ4v) is 5.22. The summed E-state index contributed by atoms with van der Waals surface area (Å²) in [7, 11) is 0. The lowest BCUT2D eigenvalue weighted by molar-refractivity contribution is 0.0515. The van der Waals surface area contributed by atoms with Crippen molar-refractivity contribution in [2.75, 3.05) is 43.1 Å². The molecule has 3 aromatic rings. The Balaban J connectivity index is 1.34. The van der Waals surface area contributed by atoms with E-state index in [-0.39, 0.29) is 11.9 Å². The molecule has 10 nitrogen and oxygen atoms in total. The van der Waals surface area contributed by atoms with Gasteiger partial charge in [-0.25, -0.2) is 18.6 Å². The lowest BCUT2D eigenvalue weighted by atomic mass is 9.86. The van der Waals surface area contributed by atoms with E-state index in [1.54, 1.807) is 30.3 Å². The van der Waals surface area contributed by atoms with Crippen molar-refractivity contribution in [1.82, 2.24) is 24.8 Å². The van der Waals surface area contributed by atoms with E-state index >= 15 is 0 Å². The van der Waals surface area contributed by atoms with Crippen molar-refractivity contribution in [1.29, 1.82) is 0 Å². The first-order chi connectivity index (χ1) is 19.2. The van der Waals surface area contributed by atoms with Crippen LogP contribution in [0.25, 0.3) is 16.9 Å². The molecule has 2 N–H and O–H groups in total. The molecule has 2 fully saturated rings. The van der Waals surface area contributed by atoms with E-state index in [1.807, 2.05) is 20.8 Å². The molecule has 1 saturated heterocycles. The summed E-state index contributed by atoms with van der Waals surface area (Å²) in [6, 6.07) is 8.94. The van der Waals surface area contributed by atoms with Crippen molar-refractivity contribution in [3.05, 3.63) is 36.2 Å². The largest absolute Gasteiger partial charge is 0.444 e. The molecule has 1 aliphatic heterocycles. The number of para-hydroxylation sites is 2. The summed E-state index contributed by atoms with van der Waals surface area (Å²) in [5.74, 6) is 1.40. The van der Waals surface area contributed by atoms with E-state index in [0.29, 0.717) is 67.4 Å². The zero-order chi connectivity index (χ0) is 28.3. The summed E-state index contributed by atoms with van der Waals surface area (Å²) < 4.78 is 40.5. The minimum atomic E-state index is -2.77. The Morgan fingerprint density at radius 1 is 1.07 bits per heavy atom. The summed E-state index contributed by atoms with van der Waals surface area (Å²) in [4.78, 5) is 27.8. The summed E-state index contributed by atoms with van der Waals surface area (Å²) in [6.45, 7) is 8.53. The van der Waals surface area contributed by atoms with Gasteiger partial charge >= 0.3 is 6.09 Å². The third-order valence-electron chi connectivity index (χ3n) is 7.16. The zero-order valence-corrected chi connectivity index (χ0v) is 23.2. The molecule has 1 aromatic carbocycles. The molecule has 40 heavy (non-hydrogen) atoms. The van der Waals surface area contributed by atoms with Gasteiger partial charge in [0.15, 0.2) is 5.82 Å². The molecule has 0 unspecified atom stereocenters. The number of hydrogen-bond acceptors (Lipinski definition) is 8. The summed E-state index contributed by atoms with van der Waals surface area (Å²) in [6.07, 6.45) is 0.421. The minimum Gasteiger partial charge on any atom is -0.444 e. The molecule has 0 spiro atoms. The average molecular weight is 558 g/mol. The quantitative estimate of drug-likeness (QED) is 0.414. The Bertz CT molecular complexity index is 1310. The third-order valence-corrected chi connectivity index (χ3v) is 7.16. The number of hydrogen-bond donors (Lipinski definition) is 2. The highest BCUT2D eigenvalue weighted by Crippen LogP contribution is 2.31. The fraction of sp³-hybridized carbons (Fsp3) is 0.571. The molecule has 0 bridgehead atoms. The minimum absolute atomic E-state index is 0.125. The maximum absolute atomic E-state index is 14.1. The van der Waals surface area contributed by atoms with Crippen LogP contribution in [0.5, 0.6) is 0 Å². The van der Waals surface area contributed by atoms with Crippen LogP contribution in [0.3, 0.4) is 0 Å². The molecule has 1 amide bonds. The van der Waals surface area contributed by atoms with Crippen LogP contribution in [0.1, 0.15) is 58.7 Å². The number of fused-ring (bicyclic) bond motifs is 1. The van der Waals surface area contributed by atoms with E-state index < -0.39 is 18.1 Å². The first-order valence-electron chi connectivity index (χ1n) is 13.9. The Labute approximate surface area is 232 Å². The van der Waals surface area contributed by atoms with Gasteiger partial charge in [-0.05, 0) is 64.5 Å². The molecule has 12 heteroatoms.